The van der Waals surface area contributed by atoms with Gasteiger partial charge < -0.3 is 5.73 Å². The molecule has 0 aliphatic heterocycles. The third-order valence-corrected chi connectivity index (χ3v) is 1.76. The van der Waals surface area contributed by atoms with Gasteiger partial charge in [-0.05, 0) is 12.8 Å². The summed E-state index contributed by atoms with van der Waals surface area (Å²) in [7, 11) is 0. The highest BCUT2D eigenvalue weighted by molar-refractivity contribution is 5.85. The molecule has 0 heterocycles. The largest absolute Gasteiger partial charge is 0.321 e. The molecule has 2 nitrogen and oxygen atoms in total. The number of carbonyl (C=O) groups excluding carboxylic acids is 1. The first-order chi connectivity index (χ1) is 5.61. The Bertz CT molecular complexity index is 184. The van der Waals surface area contributed by atoms with Gasteiger partial charge in [-0.15, -0.1) is 6.58 Å². The van der Waals surface area contributed by atoms with Gasteiger partial charge in [-0.25, -0.2) is 0 Å². The van der Waals surface area contributed by atoms with E-state index in [9.17, 15) is 4.79 Å². The first-order valence-electron chi connectivity index (χ1n) is 4.17. The third-order valence-electron chi connectivity index (χ3n) is 1.76. The monoisotopic (exact) mass is 167 g/mol. The van der Waals surface area contributed by atoms with Crippen LogP contribution in [0.2, 0.25) is 0 Å². The molecule has 12 heavy (non-hydrogen) atoms. The number of carbonyl (C=O) groups is 1. The Hall–Kier alpha value is -0.890. The highest BCUT2D eigenvalue weighted by Crippen LogP contribution is 2.06. The van der Waals surface area contributed by atoms with E-state index < -0.39 is 6.04 Å². The second-order valence-electron chi connectivity index (χ2n) is 2.88. The molecule has 0 bridgehead atoms. The summed E-state index contributed by atoms with van der Waals surface area (Å²) in [6.45, 7) is 9.26. The minimum atomic E-state index is -0.397. The van der Waals surface area contributed by atoms with Crippen molar-refractivity contribution in [3.05, 3.63) is 24.8 Å². The van der Waals surface area contributed by atoms with Crippen LogP contribution in [0.25, 0.3) is 0 Å². The Morgan fingerprint density at radius 3 is 2.67 bits per heavy atom. The number of rotatable bonds is 6. The zero-order valence-corrected chi connectivity index (χ0v) is 7.68. The van der Waals surface area contributed by atoms with Gasteiger partial charge in [0.1, 0.15) is 0 Å². The van der Waals surface area contributed by atoms with Crippen molar-refractivity contribution in [2.45, 2.75) is 32.2 Å². The van der Waals surface area contributed by atoms with Crippen LogP contribution >= 0.6 is 0 Å². The van der Waals surface area contributed by atoms with Gasteiger partial charge in [0.05, 0.1) is 6.04 Å². The zero-order chi connectivity index (χ0) is 9.56. The number of nitrogens with two attached hydrogens (primary N) is 1. The highest BCUT2D eigenvalue weighted by atomic mass is 16.1. The summed E-state index contributed by atoms with van der Waals surface area (Å²) in [6, 6.07) is -0.397. The van der Waals surface area contributed by atoms with Crippen LogP contribution in [0.15, 0.2) is 24.8 Å². The van der Waals surface area contributed by atoms with Gasteiger partial charge in [0, 0.05) is 6.42 Å². The first-order valence-corrected chi connectivity index (χ1v) is 4.17. The summed E-state index contributed by atoms with van der Waals surface area (Å²) in [5, 5.41) is 0. The van der Waals surface area contributed by atoms with E-state index in [4.69, 9.17) is 5.73 Å². The van der Waals surface area contributed by atoms with Crippen molar-refractivity contribution < 1.29 is 4.79 Å². The van der Waals surface area contributed by atoms with Crippen LogP contribution < -0.4 is 5.73 Å². The lowest BCUT2D eigenvalue weighted by molar-refractivity contribution is -0.119. The fourth-order valence-electron chi connectivity index (χ4n) is 0.813. The Morgan fingerprint density at radius 2 is 2.25 bits per heavy atom. The Labute approximate surface area is 74.1 Å². The fraction of sp³-hybridized carbons (Fsp3) is 0.500. The molecule has 0 aromatic carbocycles. The van der Waals surface area contributed by atoms with Gasteiger partial charge in [0.15, 0.2) is 5.78 Å². The molecule has 0 fully saturated rings. The van der Waals surface area contributed by atoms with E-state index in [-0.39, 0.29) is 5.78 Å². The van der Waals surface area contributed by atoms with E-state index in [1.54, 1.807) is 6.08 Å². The van der Waals surface area contributed by atoms with Crippen LogP contribution in [0.4, 0.5) is 0 Å². The Kier molecular flexibility index (Phi) is 5.30. The van der Waals surface area contributed by atoms with Crippen molar-refractivity contribution in [1.29, 1.82) is 0 Å². The molecule has 0 aliphatic carbocycles. The quantitative estimate of drug-likeness (QED) is 0.613. The minimum absolute atomic E-state index is 0.0572. The molecule has 2 N–H and O–H groups in total. The first kappa shape index (κ1) is 11.1. The molecule has 0 rings (SSSR count). The molecule has 0 amide bonds. The second kappa shape index (κ2) is 5.72. The molecule has 2 heteroatoms. The summed E-state index contributed by atoms with van der Waals surface area (Å²) in [6.07, 6.45) is 3.46. The Balaban J connectivity index is 3.86. The van der Waals surface area contributed by atoms with Crippen molar-refractivity contribution >= 4 is 5.78 Å². The van der Waals surface area contributed by atoms with Crippen LogP contribution in [0.3, 0.4) is 0 Å². The number of hydrogen-bond acceptors (Lipinski definition) is 2. The van der Waals surface area contributed by atoms with Gasteiger partial charge >= 0.3 is 0 Å². The molecule has 1 atom stereocenters. The topological polar surface area (TPSA) is 43.1 Å². The second-order valence-corrected chi connectivity index (χ2v) is 2.88. The van der Waals surface area contributed by atoms with Gasteiger partial charge in [-0.1, -0.05) is 25.2 Å². The molecule has 0 saturated heterocycles. The van der Waals surface area contributed by atoms with Gasteiger partial charge in [0.25, 0.3) is 0 Å². The summed E-state index contributed by atoms with van der Waals surface area (Å²) < 4.78 is 0. The van der Waals surface area contributed by atoms with E-state index in [0.717, 1.165) is 12.0 Å². The molecule has 0 aromatic heterocycles. The van der Waals surface area contributed by atoms with E-state index in [0.29, 0.717) is 12.8 Å². The molecule has 0 aromatic rings. The average molecular weight is 167 g/mol. The van der Waals surface area contributed by atoms with E-state index in [1.165, 1.54) is 0 Å². The van der Waals surface area contributed by atoms with Crippen LogP contribution in [0.1, 0.15) is 26.2 Å². The van der Waals surface area contributed by atoms with E-state index >= 15 is 0 Å². The maximum Gasteiger partial charge on any atom is 0.153 e. The van der Waals surface area contributed by atoms with Crippen molar-refractivity contribution in [1.82, 2.24) is 0 Å². The van der Waals surface area contributed by atoms with Crippen LogP contribution in [0, 0.1) is 0 Å². The van der Waals surface area contributed by atoms with Crippen molar-refractivity contribution in [2.75, 3.05) is 0 Å². The zero-order valence-electron chi connectivity index (χ0n) is 7.68. The number of ketones is 1. The fourth-order valence-corrected chi connectivity index (χ4v) is 0.813. The molecule has 1 unspecified atom stereocenters. The maximum atomic E-state index is 11.3. The molecular formula is C10H17NO. The van der Waals surface area contributed by atoms with E-state index in [1.807, 2.05) is 6.92 Å². The predicted octanol–water partition coefficient (Wildman–Crippen LogP) is 1.82. The van der Waals surface area contributed by atoms with E-state index in [2.05, 4.69) is 13.2 Å². The van der Waals surface area contributed by atoms with Crippen molar-refractivity contribution in [2.24, 2.45) is 5.73 Å². The van der Waals surface area contributed by atoms with Crippen LogP contribution in [0.5, 0.6) is 0 Å². The Morgan fingerprint density at radius 1 is 1.67 bits per heavy atom. The van der Waals surface area contributed by atoms with Gasteiger partial charge in [0.2, 0.25) is 0 Å². The van der Waals surface area contributed by atoms with Gasteiger partial charge in [-0.2, -0.15) is 0 Å². The lowest BCUT2D eigenvalue weighted by Crippen LogP contribution is -2.29. The summed E-state index contributed by atoms with van der Waals surface area (Å²) in [4.78, 5) is 11.3. The average Bonchev–Trinajstić information content (AvgIpc) is 2.04. The molecule has 0 saturated carbocycles. The third kappa shape index (κ3) is 4.09. The molecule has 68 valence electrons. The van der Waals surface area contributed by atoms with Crippen molar-refractivity contribution in [3.8, 4) is 0 Å². The number of hydrogen-bond donors (Lipinski definition) is 1. The van der Waals surface area contributed by atoms with Crippen LogP contribution in [-0.2, 0) is 4.79 Å². The maximum absolute atomic E-state index is 11.3. The molecular weight excluding hydrogens is 150 g/mol. The minimum Gasteiger partial charge on any atom is -0.321 e. The summed E-state index contributed by atoms with van der Waals surface area (Å²) in [5.74, 6) is 0.0572. The van der Waals surface area contributed by atoms with Crippen LogP contribution in [-0.4, -0.2) is 11.8 Å². The lowest BCUT2D eigenvalue weighted by atomic mass is 10.0. The summed E-state index contributed by atoms with van der Waals surface area (Å²) in [5.41, 5.74) is 6.51. The van der Waals surface area contributed by atoms with Crippen molar-refractivity contribution in [3.63, 3.8) is 0 Å². The number of Topliss-reactive ketones (excluding diaryl/α,β-unsaturated/α-hetero) is 1. The van der Waals surface area contributed by atoms with Gasteiger partial charge in [-0.3, -0.25) is 4.79 Å². The highest BCUT2D eigenvalue weighted by Gasteiger charge is 2.11. The number of allylic oxidation sites excluding steroid dienone is 1. The standard InChI is InChI=1S/C10H17NO/c1-4-6-9(11)10(12)7-8(3)5-2/h4,9H,1,3,5-7,11H2,2H3. The normalized spacial score (nSPS) is 12.2. The molecule has 0 spiro atoms. The summed E-state index contributed by atoms with van der Waals surface area (Å²) >= 11 is 0. The molecule has 0 radical (unpaired) electrons. The smallest absolute Gasteiger partial charge is 0.153 e. The SMILES string of the molecule is C=CCC(N)C(=O)CC(=C)CC. The lowest BCUT2D eigenvalue weighted by Gasteiger charge is -2.07. The predicted molar refractivity (Wildman–Crippen MR) is 51.8 cm³/mol. The molecule has 0 aliphatic rings.